The van der Waals surface area contributed by atoms with Gasteiger partial charge >= 0.3 is 0 Å². The highest BCUT2D eigenvalue weighted by Crippen LogP contribution is 2.05. The molecule has 7 heteroatoms. The third-order valence-electron chi connectivity index (χ3n) is 1.94. The largest absolute Gasteiger partial charge is 0.351 e. The van der Waals surface area contributed by atoms with Gasteiger partial charge in [-0.25, -0.2) is 0 Å². The Labute approximate surface area is 96.5 Å². The SMILES string of the molecule is C=CCNC(=O)Cn1cc([N+](=O)[O-])ccc1=O. The molecule has 1 aromatic heterocycles. The maximum Gasteiger partial charge on any atom is 0.285 e. The van der Waals surface area contributed by atoms with Crippen LogP contribution in [0, 0.1) is 10.1 Å². The lowest BCUT2D eigenvalue weighted by Gasteiger charge is -2.05. The third-order valence-corrected chi connectivity index (χ3v) is 1.94. The Morgan fingerprint density at radius 1 is 1.59 bits per heavy atom. The van der Waals surface area contributed by atoms with Gasteiger partial charge in [-0.1, -0.05) is 6.08 Å². The van der Waals surface area contributed by atoms with Crippen molar-refractivity contribution in [3.05, 3.63) is 51.5 Å². The Bertz CT molecular complexity index is 507. The summed E-state index contributed by atoms with van der Waals surface area (Å²) in [6, 6.07) is 2.15. The molecule has 17 heavy (non-hydrogen) atoms. The van der Waals surface area contributed by atoms with Crippen molar-refractivity contribution in [3.8, 4) is 0 Å². The molecule has 90 valence electrons. The molecule has 1 amide bonds. The molecule has 1 aromatic rings. The van der Waals surface area contributed by atoms with Crippen molar-refractivity contribution in [2.45, 2.75) is 6.54 Å². The van der Waals surface area contributed by atoms with Crippen LogP contribution >= 0.6 is 0 Å². The minimum Gasteiger partial charge on any atom is -0.351 e. The Balaban J connectivity index is 2.86. The van der Waals surface area contributed by atoms with Crippen LogP contribution in [0.3, 0.4) is 0 Å². The zero-order valence-electron chi connectivity index (χ0n) is 8.96. The van der Waals surface area contributed by atoms with E-state index in [1.807, 2.05) is 0 Å². The summed E-state index contributed by atoms with van der Waals surface area (Å²) in [7, 11) is 0. The molecule has 7 nitrogen and oxygen atoms in total. The molecular formula is C10H11N3O4. The molecular weight excluding hydrogens is 226 g/mol. The molecule has 0 saturated heterocycles. The van der Waals surface area contributed by atoms with E-state index in [9.17, 15) is 19.7 Å². The van der Waals surface area contributed by atoms with Crippen LogP contribution in [0.15, 0.2) is 35.8 Å². The maximum atomic E-state index is 11.3. The topological polar surface area (TPSA) is 94.2 Å². The maximum absolute atomic E-state index is 11.3. The van der Waals surface area contributed by atoms with Crippen LogP contribution in [-0.2, 0) is 11.3 Å². The summed E-state index contributed by atoms with van der Waals surface area (Å²) in [6.45, 7) is 3.45. The molecule has 0 aliphatic heterocycles. The van der Waals surface area contributed by atoms with Gasteiger partial charge in [0.2, 0.25) is 5.91 Å². The van der Waals surface area contributed by atoms with Gasteiger partial charge in [0.1, 0.15) is 6.54 Å². The highest BCUT2D eigenvalue weighted by atomic mass is 16.6. The minimum absolute atomic E-state index is 0.235. The fourth-order valence-electron chi connectivity index (χ4n) is 1.15. The van der Waals surface area contributed by atoms with E-state index in [0.717, 1.165) is 22.9 Å². The molecule has 0 fully saturated rings. The molecule has 0 unspecified atom stereocenters. The van der Waals surface area contributed by atoms with Crippen molar-refractivity contribution in [2.24, 2.45) is 0 Å². The normalized spacial score (nSPS) is 9.65. The van der Waals surface area contributed by atoms with Gasteiger partial charge in [-0.15, -0.1) is 6.58 Å². The van der Waals surface area contributed by atoms with Crippen molar-refractivity contribution in [1.82, 2.24) is 9.88 Å². The molecule has 0 aliphatic rings. The van der Waals surface area contributed by atoms with Gasteiger partial charge < -0.3 is 5.32 Å². The lowest BCUT2D eigenvalue weighted by molar-refractivity contribution is -0.385. The van der Waals surface area contributed by atoms with Crippen molar-refractivity contribution in [1.29, 1.82) is 0 Å². The van der Waals surface area contributed by atoms with Gasteiger partial charge in [0, 0.05) is 18.7 Å². The second-order valence-electron chi connectivity index (χ2n) is 3.20. The van der Waals surface area contributed by atoms with Crippen molar-refractivity contribution in [2.75, 3.05) is 6.54 Å². The van der Waals surface area contributed by atoms with Crippen LogP contribution in [0.1, 0.15) is 0 Å². The van der Waals surface area contributed by atoms with E-state index in [4.69, 9.17) is 0 Å². The van der Waals surface area contributed by atoms with Gasteiger partial charge in [-0.3, -0.25) is 24.3 Å². The summed E-state index contributed by atoms with van der Waals surface area (Å²) in [5.41, 5.74) is -0.703. The number of nitrogens with one attached hydrogen (secondary N) is 1. The number of carbonyl (C=O) groups excluding carboxylic acids is 1. The van der Waals surface area contributed by atoms with E-state index in [2.05, 4.69) is 11.9 Å². The fourth-order valence-corrected chi connectivity index (χ4v) is 1.15. The average Bonchev–Trinajstić information content (AvgIpc) is 2.29. The van der Waals surface area contributed by atoms with E-state index < -0.39 is 16.4 Å². The number of amides is 1. The predicted octanol–water partition coefficient (Wildman–Crippen LogP) is 0.0587. The second-order valence-corrected chi connectivity index (χ2v) is 3.20. The number of nitrogens with zero attached hydrogens (tertiary/aromatic N) is 2. The van der Waals surface area contributed by atoms with Crippen molar-refractivity contribution < 1.29 is 9.72 Å². The summed E-state index contributed by atoms with van der Waals surface area (Å²) >= 11 is 0. The molecule has 0 aromatic carbocycles. The van der Waals surface area contributed by atoms with Crippen LogP contribution in [0.5, 0.6) is 0 Å². The van der Waals surface area contributed by atoms with E-state index in [1.165, 1.54) is 6.08 Å². The smallest absolute Gasteiger partial charge is 0.285 e. The molecule has 0 radical (unpaired) electrons. The lowest BCUT2D eigenvalue weighted by atomic mass is 10.4. The van der Waals surface area contributed by atoms with Gasteiger partial charge in [0.05, 0.1) is 11.1 Å². The highest BCUT2D eigenvalue weighted by Gasteiger charge is 2.09. The molecule has 0 spiro atoms. The first-order valence-corrected chi connectivity index (χ1v) is 4.77. The Kier molecular flexibility index (Phi) is 4.15. The monoisotopic (exact) mass is 237 g/mol. The fraction of sp³-hybridized carbons (Fsp3) is 0.200. The quantitative estimate of drug-likeness (QED) is 0.445. The van der Waals surface area contributed by atoms with Gasteiger partial charge in [-0.2, -0.15) is 0 Å². The first-order valence-electron chi connectivity index (χ1n) is 4.77. The molecule has 0 bridgehead atoms. The van der Waals surface area contributed by atoms with E-state index in [-0.39, 0.29) is 18.8 Å². The first-order chi connectivity index (χ1) is 8.04. The Hall–Kier alpha value is -2.44. The average molecular weight is 237 g/mol. The standard InChI is InChI=1S/C10H11N3O4/c1-2-5-11-9(14)7-12-6-8(13(16)17)3-4-10(12)15/h2-4,6H,1,5,7H2,(H,11,14). The van der Waals surface area contributed by atoms with Crippen LogP contribution in [0.2, 0.25) is 0 Å². The first kappa shape index (κ1) is 12.6. The summed E-state index contributed by atoms with van der Waals surface area (Å²) in [5.74, 6) is -0.410. The molecule has 0 aliphatic carbocycles. The van der Waals surface area contributed by atoms with Crippen molar-refractivity contribution in [3.63, 3.8) is 0 Å². The van der Waals surface area contributed by atoms with Crippen LogP contribution in [0.25, 0.3) is 0 Å². The van der Waals surface area contributed by atoms with Gasteiger partial charge in [-0.05, 0) is 0 Å². The summed E-state index contributed by atoms with van der Waals surface area (Å²) in [5, 5.41) is 13.0. The highest BCUT2D eigenvalue weighted by molar-refractivity contribution is 5.75. The number of pyridine rings is 1. The van der Waals surface area contributed by atoms with Crippen LogP contribution in [-0.4, -0.2) is 21.9 Å². The minimum atomic E-state index is -0.627. The third kappa shape index (κ3) is 3.56. The lowest BCUT2D eigenvalue weighted by Crippen LogP contribution is -2.31. The molecule has 1 N–H and O–H groups in total. The Morgan fingerprint density at radius 2 is 2.29 bits per heavy atom. The van der Waals surface area contributed by atoms with Crippen molar-refractivity contribution >= 4 is 11.6 Å². The second kappa shape index (κ2) is 5.59. The van der Waals surface area contributed by atoms with E-state index >= 15 is 0 Å². The number of nitro groups is 1. The zero-order valence-corrected chi connectivity index (χ0v) is 8.96. The number of hydrogen-bond donors (Lipinski definition) is 1. The summed E-state index contributed by atoms with van der Waals surface area (Å²) in [6.07, 6.45) is 2.53. The van der Waals surface area contributed by atoms with E-state index in [1.54, 1.807) is 0 Å². The molecule has 1 rings (SSSR count). The van der Waals surface area contributed by atoms with Crippen LogP contribution < -0.4 is 10.9 Å². The number of rotatable bonds is 5. The summed E-state index contributed by atoms with van der Waals surface area (Å²) < 4.78 is 0.983. The molecule has 1 heterocycles. The number of carbonyl (C=O) groups is 1. The molecule has 0 atom stereocenters. The number of hydrogen-bond acceptors (Lipinski definition) is 4. The number of aromatic nitrogens is 1. The summed E-state index contributed by atoms with van der Waals surface area (Å²) in [4.78, 5) is 32.5. The van der Waals surface area contributed by atoms with Gasteiger partial charge in [0.25, 0.3) is 11.2 Å². The zero-order chi connectivity index (χ0) is 12.8. The predicted molar refractivity (Wildman–Crippen MR) is 60.6 cm³/mol. The Morgan fingerprint density at radius 3 is 2.88 bits per heavy atom. The van der Waals surface area contributed by atoms with Gasteiger partial charge in [0.15, 0.2) is 0 Å². The van der Waals surface area contributed by atoms with E-state index in [0.29, 0.717) is 0 Å². The molecule has 0 saturated carbocycles. The van der Waals surface area contributed by atoms with Crippen LogP contribution in [0.4, 0.5) is 5.69 Å².